The molecule has 0 amide bonds. The third kappa shape index (κ3) is 1.43. The Bertz CT molecular complexity index is 50.0. The van der Waals surface area contributed by atoms with Crippen molar-refractivity contribution in [1.82, 2.24) is 5.32 Å². The fraction of sp³-hybridized carbons (Fsp3) is 0.800. The van der Waals surface area contributed by atoms with Crippen molar-refractivity contribution in [3.8, 4) is 0 Å². The lowest BCUT2D eigenvalue weighted by Crippen LogP contribution is -2.28. The van der Waals surface area contributed by atoms with Crippen LogP contribution in [0.2, 0.25) is 0 Å². The van der Waals surface area contributed by atoms with Gasteiger partial charge in [0.25, 0.3) is 0 Å². The van der Waals surface area contributed by atoms with E-state index in [0.717, 1.165) is 13.1 Å². The average molecular weight is 102 g/mol. The summed E-state index contributed by atoms with van der Waals surface area (Å²) in [5.74, 6) is 0. The fourth-order valence-corrected chi connectivity index (χ4v) is 0.671. The van der Waals surface area contributed by atoms with Crippen molar-refractivity contribution in [1.29, 1.82) is 0 Å². The first-order valence-corrected chi connectivity index (χ1v) is 2.58. The average Bonchev–Trinajstić information content (AvgIpc) is 1.69. The summed E-state index contributed by atoms with van der Waals surface area (Å²) in [6.45, 7) is 1.57. The molecule has 0 aromatic rings. The minimum absolute atomic E-state index is 0.652. The highest BCUT2D eigenvalue weighted by Gasteiger charge is 2.09. The molecule has 41 valence electrons. The molecule has 1 atom stereocenters. The maximum absolute atomic E-state index is 12.1. The third-order valence-corrected chi connectivity index (χ3v) is 1.11. The molecule has 1 unspecified atom stereocenters. The molecular weight excluding hydrogens is 93.1 g/mol. The monoisotopic (exact) mass is 102 g/mol. The fourth-order valence-electron chi connectivity index (χ4n) is 0.671. The van der Waals surface area contributed by atoms with Crippen LogP contribution in [0.15, 0.2) is 0 Å². The van der Waals surface area contributed by atoms with E-state index in [1.165, 1.54) is 0 Å². The number of piperidine rings is 1. The second-order valence-corrected chi connectivity index (χ2v) is 1.74. The van der Waals surface area contributed by atoms with Crippen molar-refractivity contribution in [2.45, 2.75) is 12.6 Å². The number of hydrogen-bond donors (Lipinski definition) is 1. The minimum Gasteiger partial charge on any atom is -0.316 e. The molecule has 0 bridgehead atoms. The molecule has 0 aromatic carbocycles. The second kappa shape index (κ2) is 2.26. The molecule has 1 radical (unpaired) electrons. The van der Waals surface area contributed by atoms with Gasteiger partial charge in [0.15, 0.2) is 0 Å². The van der Waals surface area contributed by atoms with E-state index < -0.39 is 6.17 Å². The molecular formula is C5H9FN. The van der Waals surface area contributed by atoms with E-state index in [2.05, 4.69) is 5.32 Å². The summed E-state index contributed by atoms with van der Waals surface area (Å²) >= 11 is 0. The largest absolute Gasteiger partial charge is 0.316 e. The van der Waals surface area contributed by atoms with Gasteiger partial charge >= 0.3 is 0 Å². The minimum atomic E-state index is -0.652. The van der Waals surface area contributed by atoms with Crippen LogP contribution in [0.1, 0.15) is 6.42 Å². The van der Waals surface area contributed by atoms with Gasteiger partial charge in [-0.05, 0) is 13.0 Å². The number of halogens is 1. The maximum atomic E-state index is 12.1. The topological polar surface area (TPSA) is 12.0 Å². The molecule has 1 saturated heterocycles. The summed E-state index contributed by atoms with van der Waals surface area (Å²) in [5.41, 5.74) is 0. The van der Waals surface area contributed by atoms with Gasteiger partial charge in [-0.2, -0.15) is 0 Å². The summed E-state index contributed by atoms with van der Waals surface area (Å²) < 4.78 is 12.1. The van der Waals surface area contributed by atoms with Gasteiger partial charge in [0.05, 0.1) is 0 Å². The van der Waals surface area contributed by atoms with Crippen molar-refractivity contribution in [2.24, 2.45) is 0 Å². The van der Waals surface area contributed by atoms with Crippen LogP contribution in [0.3, 0.4) is 0 Å². The van der Waals surface area contributed by atoms with Gasteiger partial charge in [0.1, 0.15) is 6.17 Å². The Hall–Kier alpha value is -0.110. The number of nitrogens with one attached hydrogen (secondary N) is 1. The van der Waals surface area contributed by atoms with Crippen molar-refractivity contribution in [3.63, 3.8) is 0 Å². The highest BCUT2D eigenvalue weighted by Crippen LogP contribution is 2.03. The number of hydrogen-bond acceptors (Lipinski definition) is 1. The zero-order valence-corrected chi connectivity index (χ0v) is 4.15. The molecule has 0 aromatic heterocycles. The Morgan fingerprint density at radius 3 is 2.86 bits per heavy atom. The van der Waals surface area contributed by atoms with Crippen molar-refractivity contribution in [2.75, 3.05) is 13.1 Å². The molecule has 0 saturated carbocycles. The molecule has 0 spiro atoms. The number of alkyl halides is 1. The smallest absolute Gasteiger partial charge is 0.106 e. The van der Waals surface area contributed by atoms with Gasteiger partial charge in [0, 0.05) is 13.0 Å². The molecule has 1 heterocycles. The predicted molar refractivity (Wildman–Crippen MR) is 26.7 cm³/mol. The zero-order chi connectivity index (χ0) is 5.11. The zero-order valence-electron chi connectivity index (χ0n) is 4.15. The Labute approximate surface area is 42.9 Å². The van der Waals surface area contributed by atoms with Crippen LogP contribution in [0.25, 0.3) is 0 Å². The van der Waals surface area contributed by atoms with Gasteiger partial charge in [-0.1, -0.05) is 0 Å². The van der Waals surface area contributed by atoms with E-state index in [1.54, 1.807) is 6.42 Å². The summed E-state index contributed by atoms with van der Waals surface area (Å²) in [7, 11) is 0. The van der Waals surface area contributed by atoms with Crippen LogP contribution >= 0.6 is 0 Å². The van der Waals surface area contributed by atoms with E-state index in [0.29, 0.717) is 6.42 Å². The Balaban J connectivity index is 2.12. The quantitative estimate of drug-likeness (QED) is 0.470. The van der Waals surface area contributed by atoms with Gasteiger partial charge in [-0.25, -0.2) is 4.39 Å². The molecule has 1 N–H and O–H groups in total. The second-order valence-electron chi connectivity index (χ2n) is 1.74. The SMILES string of the molecule is FC1[CH]CNCC1. The van der Waals surface area contributed by atoms with Crippen molar-refractivity contribution >= 4 is 0 Å². The summed E-state index contributed by atoms with van der Waals surface area (Å²) in [4.78, 5) is 0. The Morgan fingerprint density at radius 2 is 2.57 bits per heavy atom. The first-order chi connectivity index (χ1) is 3.39. The molecule has 0 aliphatic carbocycles. The van der Waals surface area contributed by atoms with Crippen LogP contribution in [0, 0.1) is 6.42 Å². The summed E-state index contributed by atoms with van der Waals surface area (Å²) in [5, 5.41) is 3.02. The van der Waals surface area contributed by atoms with Crippen LogP contribution in [0.5, 0.6) is 0 Å². The first kappa shape index (κ1) is 5.04. The van der Waals surface area contributed by atoms with E-state index in [1.807, 2.05) is 0 Å². The highest BCUT2D eigenvalue weighted by atomic mass is 19.1. The highest BCUT2D eigenvalue weighted by molar-refractivity contribution is 4.83. The van der Waals surface area contributed by atoms with Crippen LogP contribution in [-0.4, -0.2) is 19.3 Å². The molecule has 1 fully saturated rings. The van der Waals surface area contributed by atoms with Gasteiger partial charge in [0.2, 0.25) is 0 Å². The molecule has 1 aliphatic rings. The molecule has 1 rings (SSSR count). The lowest BCUT2D eigenvalue weighted by molar-refractivity contribution is 0.321. The van der Waals surface area contributed by atoms with Crippen LogP contribution < -0.4 is 5.32 Å². The van der Waals surface area contributed by atoms with Gasteiger partial charge in [-0.3, -0.25) is 0 Å². The summed E-state index contributed by atoms with van der Waals surface area (Å²) in [6, 6.07) is 0. The molecule has 1 nitrogen and oxygen atoms in total. The van der Waals surface area contributed by atoms with E-state index in [9.17, 15) is 4.39 Å². The first-order valence-electron chi connectivity index (χ1n) is 2.58. The van der Waals surface area contributed by atoms with Crippen LogP contribution in [-0.2, 0) is 0 Å². The lowest BCUT2D eigenvalue weighted by atomic mass is 10.1. The number of rotatable bonds is 0. The van der Waals surface area contributed by atoms with Gasteiger partial charge in [-0.15, -0.1) is 0 Å². The summed E-state index contributed by atoms with van der Waals surface area (Å²) in [6.07, 6.45) is 1.66. The van der Waals surface area contributed by atoms with Crippen molar-refractivity contribution < 1.29 is 4.39 Å². The Morgan fingerprint density at radius 1 is 1.71 bits per heavy atom. The van der Waals surface area contributed by atoms with E-state index >= 15 is 0 Å². The van der Waals surface area contributed by atoms with Gasteiger partial charge < -0.3 is 5.32 Å². The van der Waals surface area contributed by atoms with E-state index in [-0.39, 0.29) is 0 Å². The predicted octanol–water partition coefficient (Wildman–Crippen LogP) is 0.522. The standard InChI is InChI=1S/C5H9FN/c6-5-1-3-7-4-2-5/h1,5,7H,2-4H2. The maximum Gasteiger partial charge on any atom is 0.106 e. The normalized spacial score (nSPS) is 25.3. The molecule has 7 heavy (non-hydrogen) atoms. The third-order valence-electron chi connectivity index (χ3n) is 1.11. The lowest BCUT2D eigenvalue weighted by Gasteiger charge is -2.13. The van der Waals surface area contributed by atoms with E-state index in [4.69, 9.17) is 0 Å². The van der Waals surface area contributed by atoms with Crippen molar-refractivity contribution in [3.05, 3.63) is 6.42 Å². The Kier molecular flexibility index (Phi) is 1.63. The molecule has 1 aliphatic heterocycles. The molecule has 2 heteroatoms. The van der Waals surface area contributed by atoms with Crippen LogP contribution in [0.4, 0.5) is 4.39 Å².